The highest BCUT2D eigenvalue weighted by Gasteiger charge is 2.21. The quantitative estimate of drug-likeness (QED) is 0.648. The summed E-state index contributed by atoms with van der Waals surface area (Å²) in [6.07, 6.45) is 1.52. The van der Waals surface area contributed by atoms with Gasteiger partial charge in [-0.3, -0.25) is 4.99 Å². The van der Waals surface area contributed by atoms with Gasteiger partial charge < -0.3 is 19.7 Å². The number of fused-ring (bicyclic) bond motifs is 1. The molecule has 27 heavy (non-hydrogen) atoms. The van der Waals surface area contributed by atoms with E-state index in [-0.39, 0.29) is 5.82 Å². The van der Waals surface area contributed by atoms with Crippen LogP contribution in [0.15, 0.2) is 41.4 Å². The van der Waals surface area contributed by atoms with Gasteiger partial charge in [-0.25, -0.2) is 4.39 Å². The highest BCUT2D eigenvalue weighted by Crippen LogP contribution is 2.33. The van der Waals surface area contributed by atoms with E-state index in [1.807, 2.05) is 18.2 Å². The van der Waals surface area contributed by atoms with Crippen molar-refractivity contribution in [3.05, 3.63) is 58.9 Å². The van der Waals surface area contributed by atoms with Crippen LogP contribution in [-0.4, -0.2) is 45.2 Å². The summed E-state index contributed by atoms with van der Waals surface area (Å²) in [4.78, 5) is 6.60. The van der Waals surface area contributed by atoms with Gasteiger partial charge in [-0.05, 0) is 47.7 Å². The zero-order valence-corrected chi connectivity index (χ0v) is 16.1. The first-order valence-corrected chi connectivity index (χ1v) is 9.09. The number of rotatable bonds is 5. The van der Waals surface area contributed by atoms with E-state index in [9.17, 15) is 4.39 Å². The molecule has 0 saturated heterocycles. The fourth-order valence-electron chi connectivity index (χ4n) is 3.41. The molecule has 0 unspecified atom stereocenters. The molecule has 1 heterocycles. The summed E-state index contributed by atoms with van der Waals surface area (Å²) in [5.41, 5.74) is 3.18. The molecule has 2 aromatic rings. The Balaban J connectivity index is 1.65. The minimum absolute atomic E-state index is 0.165. The summed E-state index contributed by atoms with van der Waals surface area (Å²) in [6, 6.07) is 11.0. The maximum atomic E-state index is 13.8. The van der Waals surface area contributed by atoms with Gasteiger partial charge in [0, 0.05) is 26.7 Å². The van der Waals surface area contributed by atoms with Crippen LogP contribution in [0.5, 0.6) is 11.5 Å². The molecule has 0 amide bonds. The van der Waals surface area contributed by atoms with Gasteiger partial charge in [0.2, 0.25) is 0 Å². The van der Waals surface area contributed by atoms with Crippen LogP contribution in [0.3, 0.4) is 0 Å². The van der Waals surface area contributed by atoms with Gasteiger partial charge in [-0.1, -0.05) is 18.2 Å². The zero-order chi connectivity index (χ0) is 19.2. The number of methoxy groups -OCH3 is 2. The number of guanidine groups is 1. The number of halogens is 1. The third-order valence-corrected chi connectivity index (χ3v) is 4.86. The van der Waals surface area contributed by atoms with E-state index in [0.717, 1.165) is 37.0 Å². The van der Waals surface area contributed by atoms with E-state index in [0.29, 0.717) is 18.5 Å². The number of hydrogen-bond donors (Lipinski definition) is 1. The zero-order valence-electron chi connectivity index (χ0n) is 16.1. The molecule has 6 heteroatoms. The number of nitrogens with zero attached hydrogens (tertiary/aromatic N) is 2. The average molecular weight is 371 g/mol. The summed E-state index contributed by atoms with van der Waals surface area (Å²) >= 11 is 0. The molecule has 3 rings (SSSR count). The minimum Gasteiger partial charge on any atom is -0.493 e. The molecule has 1 aliphatic heterocycles. The molecule has 0 spiro atoms. The second-order valence-corrected chi connectivity index (χ2v) is 6.46. The molecule has 144 valence electrons. The van der Waals surface area contributed by atoms with Gasteiger partial charge in [0.25, 0.3) is 0 Å². The Hall–Kier alpha value is -2.76. The van der Waals surface area contributed by atoms with Gasteiger partial charge in [0.15, 0.2) is 17.5 Å². The Morgan fingerprint density at radius 3 is 2.52 bits per heavy atom. The van der Waals surface area contributed by atoms with Crippen molar-refractivity contribution in [3.63, 3.8) is 0 Å². The fourth-order valence-corrected chi connectivity index (χ4v) is 3.41. The Labute approximate surface area is 159 Å². The largest absolute Gasteiger partial charge is 0.493 e. The molecular weight excluding hydrogens is 345 g/mol. The molecule has 1 N–H and O–H groups in total. The Kier molecular flexibility index (Phi) is 6.16. The summed E-state index contributed by atoms with van der Waals surface area (Å²) in [6.45, 7) is 2.24. The van der Waals surface area contributed by atoms with E-state index in [4.69, 9.17) is 9.47 Å². The molecule has 0 fully saturated rings. The molecule has 0 atom stereocenters. The van der Waals surface area contributed by atoms with Crippen molar-refractivity contribution >= 4 is 5.96 Å². The number of nitrogens with one attached hydrogen (secondary N) is 1. The summed E-state index contributed by atoms with van der Waals surface area (Å²) in [5, 5.41) is 3.35. The van der Waals surface area contributed by atoms with Crippen LogP contribution in [0.4, 0.5) is 4.39 Å². The van der Waals surface area contributed by atoms with Gasteiger partial charge in [-0.2, -0.15) is 0 Å². The van der Waals surface area contributed by atoms with Crippen LogP contribution >= 0.6 is 0 Å². The first kappa shape index (κ1) is 19.0. The van der Waals surface area contributed by atoms with Crippen LogP contribution < -0.4 is 14.8 Å². The maximum absolute atomic E-state index is 13.8. The predicted octanol–water partition coefficient (Wildman–Crippen LogP) is 3.02. The van der Waals surface area contributed by atoms with Crippen LogP contribution in [0.1, 0.15) is 16.7 Å². The van der Waals surface area contributed by atoms with Crippen molar-refractivity contribution < 1.29 is 13.9 Å². The summed E-state index contributed by atoms with van der Waals surface area (Å²) < 4.78 is 24.6. The van der Waals surface area contributed by atoms with Crippen LogP contribution in [-0.2, 0) is 19.4 Å². The Morgan fingerprint density at radius 2 is 1.85 bits per heavy atom. The topological polar surface area (TPSA) is 46.1 Å². The van der Waals surface area contributed by atoms with E-state index < -0.39 is 0 Å². The number of hydrogen-bond acceptors (Lipinski definition) is 3. The smallest absolute Gasteiger partial charge is 0.193 e. The van der Waals surface area contributed by atoms with E-state index in [1.165, 1.54) is 17.2 Å². The fraction of sp³-hybridized carbons (Fsp3) is 0.381. The third kappa shape index (κ3) is 4.32. The highest BCUT2D eigenvalue weighted by molar-refractivity contribution is 5.80. The molecule has 0 bridgehead atoms. The minimum atomic E-state index is -0.165. The lowest BCUT2D eigenvalue weighted by Crippen LogP contribution is -2.44. The molecule has 1 aliphatic rings. The van der Waals surface area contributed by atoms with E-state index in [1.54, 1.807) is 27.3 Å². The van der Waals surface area contributed by atoms with Gasteiger partial charge in [-0.15, -0.1) is 0 Å². The Bertz CT molecular complexity index is 823. The van der Waals surface area contributed by atoms with Gasteiger partial charge in [0.1, 0.15) is 5.82 Å². The van der Waals surface area contributed by atoms with Crippen molar-refractivity contribution in [2.75, 3.05) is 34.4 Å². The van der Waals surface area contributed by atoms with Crippen LogP contribution in [0, 0.1) is 5.82 Å². The number of benzene rings is 2. The SMILES string of the molecule is CN=C(NCCc1ccccc1F)N1CCc2cc(OC)c(OC)cc2C1. The predicted molar refractivity (Wildman–Crippen MR) is 105 cm³/mol. The third-order valence-electron chi connectivity index (χ3n) is 4.86. The first-order chi connectivity index (χ1) is 13.2. The molecule has 0 saturated carbocycles. The molecule has 2 aromatic carbocycles. The molecule has 5 nitrogen and oxygen atoms in total. The van der Waals surface area contributed by atoms with Crippen LogP contribution in [0.2, 0.25) is 0 Å². The van der Waals surface area contributed by atoms with Crippen molar-refractivity contribution in [3.8, 4) is 11.5 Å². The van der Waals surface area contributed by atoms with Crippen molar-refractivity contribution in [1.29, 1.82) is 0 Å². The van der Waals surface area contributed by atoms with Crippen molar-refractivity contribution in [2.24, 2.45) is 4.99 Å². The van der Waals surface area contributed by atoms with Crippen molar-refractivity contribution in [2.45, 2.75) is 19.4 Å². The molecule has 0 aliphatic carbocycles. The Morgan fingerprint density at radius 1 is 1.15 bits per heavy atom. The normalized spacial score (nSPS) is 13.9. The van der Waals surface area contributed by atoms with Crippen LogP contribution in [0.25, 0.3) is 0 Å². The second kappa shape index (κ2) is 8.75. The molecule has 0 radical (unpaired) electrons. The summed E-state index contributed by atoms with van der Waals surface area (Å²) in [7, 11) is 5.07. The lowest BCUT2D eigenvalue weighted by molar-refractivity contribution is 0.346. The van der Waals surface area contributed by atoms with E-state index in [2.05, 4.69) is 21.3 Å². The average Bonchev–Trinajstić information content (AvgIpc) is 2.71. The van der Waals surface area contributed by atoms with Gasteiger partial charge >= 0.3 is 0 Å². The number of ether oxygens (including phenoxy) is 2. The van der Waals surface area contributed by atoms with Crippen molar-refractivity contribution in [1.82, 2.24) is 10.2 Å². The van der Waals surface area contributed by atoms with Gasteiger partial charge in [0.05, 0.1) is 14.2 Å². The highest BCUT2D eigenvalue weighted by atomic mass is 19.1. The van der Waals surface area contributed by atoms with E-state index >= 15 is 0 Å². The maximum Gasteiger partial charge on any atom is 0.193 e. The summed E-state index contributed by atoms with van der Waals surface area (Å²) in [5.74, 6) is 2.16. The standard InChI is InChI=1S/C21H26FN3O2/c1-23-21(24-10-8-15-6-4-5-7-18(15)22)25-11-9-16-12-19(26-2)20(27-3)13-17(16)14-25/h4-7,12-13H,8-11,14H2,1-3H3,(H,23,24). The monoisotopic (exact) mass is 371 g/mol. The lowest BCUT2D eigenvalue weighted by atomic mass is 9.99. The number of aliphatic imine (C=N–C) groups is 1. The lowest BCUT2D eigenvalue weighted by Gasteiger charge is -2.32. The molecular formula is C21H26FN3O2. The first-order valence-electron chi connectivity index (χ1n) is 9.09. The molecule has 0 aromatic heterocycles. The second-order valence-electron chi connectivity index (χ2n) is 6.46.